The molecule has 0 saturated carbocycles. The Morgan fingerprint density at radius 3 is 2.82 bits per heavy atom. The summed E-state index contributed by atoms with van der Waals surface area (Å²) in [4.78, 5) is 37.6. The van der Waals surface area contributed by atoms with E-state index < -0.39 is 5.63 Å². The molecule has 0 unspecified atom stereocenters. The number of amides is 2. The number of para-hydroxylation sites is 2. The highest BCUT2D eigenvalue weighted by Gasteiger charge is 2.26. The molecule has 1 aliphatic rings. The number of nitrogens with one attached hydrogen (secondary N) is 1. The second-order valence-corrected chi connectivity index (χ2v) is 6.44. The van der Waals surface area contributed by atoms with Crippen LogP contribution in [-0.4, -0.2) is 25.0 Å². The number of rotatable bonds is 4. The van der Waals surface area contributed by atoms with Crippen molar-refractivity contribution < 1.29 is 18.7 Å². The Hall–Kier alpha value is -3.61. The van der Waals surface area contributed by atoms with Gasteiger partial charge in [-0.2, -0.15) is 0 Å². The van der Waals surface area contributed by atoms with E-state index in [0.29, 0.717) is 29.1 Å². The van der Waals surface area contributed by atoms with Gasteiger partial charge < -0.3 is 14.5 Å². The molecule has 7 nitrogen and oxygen atoms in total. The Morgan fingerprint density at radius 1 is 1.18 bits per heavy atom. The van der Waals surface area contributed by atoms with Crippen LogP contribution in [0.5, 0.6) is 5.75 Å². The van der Waals surface area contributed by atoms with Gasteiger partial charge in [-0.05, 0) is 36.2 Å². The van der Waals surface area contributed by atoms with Crippen LogP contribution < -0.4 is 20.6 Å². The summed E-state index contributed by atoms with van der Waals surface area (Å²) in [5.74, 6) is -0.190. The van der Waals surface area contributed by atoms with Crippen LogP contribution in [0.1, 0.15) is 12.5 Å². The topological polar surface area (TPSA) is 88.8 Å². The largest absolute Gasteiger partial charge is 0.484 e. The van der Waals surface area contributed by atoms with Crippen molar-refractivity contribution in [3.63, 3.8) is 0 Å². The number of nitrogens with zero attached hydrogens (tertiary/aromatic N) is 1. The number of hydrogen-bond acceptors (Lipinski definition) is 5. The predicted molar refractivity (Wildman–Crippen MR) is 105 cm³/mol. The Morgan fingerprint density at radius 2 is 2.00 bits per heavy atom. The molecule has 2 heterocycles. The molecule has 7 heteroatoms. The van der Waals surface area contributed by atoms with E-state index in [2.05, 4.69) is 5.32 Å². The fourth-order valence-electron chi connectivity index (χ4n) is 3.27. The zero-order valence-electron chi connectivity index (χ0n) is 15.2. The van der Waals surface area contributed by atoms with Crippen molar-refractivity contribution in [1.29, 1.82) is 0 Å². The fraction of sp³-hybridized carbons (Fsp3) is 0.190. The maximum absolute atomic E-state index is 12.6. The number of ether oxygens (including phenoxy) is 1. The first-order chi connectivity index (χ1) is 13.5. The van der Waals surface area contributed by atoms with E-state index in [1.54, 1.807) is 42.5 Å². The maximum Gasteiger partial charge on any atom is 0.336 e. The molecule has 2 amide bonds. The molecule has 1 aromatic heterocycles. The normalized spacial score (nSPS) is 13.2. The first-order valence-electron chi connectivity index (χ1n) is 8.94. The summed E-state index contributed by atoms with van der Waals surface area (Å²) in [6, 6.07) is 13.7. The molecule has 0 radical (unpaired) electrons. The van der Waals surface area contributed by atoms with Crippen LogP contribution in [-0.2, 0) is 16.0 Å². The standard InChI is InChI=1S/C21H18N2O5/c1-2-13-9-21(26)28-18-10-14(7-8-15(13)18)27-12-20(25)23-11-19(24)22-16-5-3-4-6-17(16)23/h3-10H,2,11-12H2,1H3,(H,22,24). The van der Waals surface area contributed by atoms with E-state index in [0.717, 1.165) is 10.9 Å². The van der Waals surface area contributed by atoms with E-state index in [-0.39, 0.29) is 25.0 Å². The highest BCUT2D eigenvalue weighted by atomic mass is 16.5. The van der Waals surface area contributed by atoms with Gasteiger partial charge >= 0.3 is 5.63 Å². The van der Waals surface area contributed by atoms with Gasteiger partial charge in [0.2, 0.25) is 5.91 Å². The van der Waals surface area contributed by atoms with Crippen LogP contribution in [0.15, 0.2) is 57.7 Å². The number of benzene rings is 2. The van der Waals surface area contributed by atoms with Crippen molar-refractivity contribution >= 4 is 34.2 Å². The second-order valence-electron chi connectivity index (χ2n) is 6.44. The Bertz CT molecular complexity index is 1140. The molecule has 0 saturated heterocycles. The molecule has 142 valence electrons. The quantitative estimate of drug-likeness (QED) is 0.705. The van der Waals surface area contributed by atoms with Crippen LogP contribution in [0.25, 0.3) is 11.0 Å². The third-order valence-electron chi connectivity index (χ3n) is 4.62. The monoisotopic (exact) mass is 378 g/mol. The van der Waals surface area contributed by atoms with Crippen LogP contribution in [0.3, 0.4) is 0 Å². The lowest BCUT2D eigenvalue weighted by Crippen LogP contribution is -2.44. The third kappa shape index (κ3) is 3.34. The van der Waals surface area contributed by atoms with Crippen LogP contribution in [0.2, 0.25) is 0 Å². The van der Waals surface area contributed by atoms with Crippen LogP contribution in [0.4, 0.5) is 11.4 Å². The molecule has 0 aliphatic carbocycles. The van der Waals surface area contributed by atoms with Crippen LogP contribution >= 0.6 is 0 Å². The summed E-state index contributed by atoms with van der Waals surface area (Å²) in [5, 5.41) is 3.57. The van der Waals surface area contributed by atoms with Gasteiger partial charge in [0.1, 0.15) is 17.9 Å². The minimum atomic E-state index is -0.423. The minimum absolute atomic E-state index is 0.0638. The molecule has 0 bridgehead atoms. The molecule has 0 spiro atoms. The van der Waals surface area contributed by atoms with Crippen molar-refractivity contribution in [2.45, 2.75) is 13.3 Å². The average Bonchev–Trinajstić information content (AvgIpc) is 2.70. The lowest BCUT2D eigenvalue weighted by atomic mass is 10.1. The van der Waals surface area contributed by atoms with Gasteiger partial charge in [0.05, 0.1) is 11.4 Å². The van der Waals surface area contributed by atoms with Crippen molar-refractivity contribution in [2.75, 3.05) is 23.4 Å². The van der Waals surface area contributed by atoms with Crippen LogP contribution in [0, 0.1) is 0 Å². The first-order valence-corrected chi connectivity index (χ1v) is 8.94. The zero-order valence-corrected chi connectivity index (χ0v) is 15.2. The molecular formula is C21H18N2O5. The van der Waals surface area contributed by atoms with Gasteiger partial charge in [0, 0.05) is 17.5 Å². The van der Waals surface area contributed by atoms with E-state index in [1.165, 1.54) is 11.0 Å². The Labute approximate surface area is 160 Å². The molecule has 1 N–H and O–H groups in total. The predicted octanol–water partition coefficient (Wildman–Crippen LogP) is 2.72. The number of carbonyl (C=O) groups is 2. The second kappa shape index (κ2) is 7.19. The third-order valence-corrected chi connectivity index (χ3v) is 4.62. The summed E-state index contributed by atoms with van der Waals surface area (Å²) < 4.78 is 10.9. The van der Waals surface area contributed by atoms with Crippen molar-refractivity contribution in [3.8, 4) is 5.75 Å². The van der Waals surface area contributed by atoms with Gasteiger partial charge in [-0.3, -0.25) is 14.5 Å². The molecular weight excluding hydrogens is 360 g/mol. The number of aryl methyl sites for hydroxylation is 1. The minimum Gasteiger partial charge on any atom is -0.484 e. The van der Waals surface area contributed by atoms with Gasteiger partial charge in [-0.1, -0.05) is 19.1 Å². The number of anilines is 2. The van der Waals surface area contributed by atoms with Crippen molar-refractivity contribution in [2.24, 2.45) is 0 Å². The Kier molecular flexibility index (Phi) is 4.57. The lowest BCUT2D eigenvalue weighted by molar-refractivity contribution is -0.123. The summed E-state index contributed by atoms with van der Waals surface area (Å²) in [6.07, 6.45) is 0.706. The summed E-state index contributed by atoms with van der Waals surface area (Å²) in [7, 11) is 0. The molecule has 4 rings (SSSR count). The zero-order chi connectivity index (χ0) is 19.7. The number of fused-ring (bicyclic) bond motifs is 2. The average molecular weight is 378 g/mol. The summed E-state index contributed by atoms with van der Waals surface area (Å²) >= 11 is 0. The van der Waals surface area contributed by atoms with E-state index in [9.17, 15) is 14.4 Å². The molecule has 2 aromatic carbocycles. The van der Waals surface area contributed by atoms with Gasteiger partial charge in [-0.15, -0.1) is 0 Å². The summed E-state index contributed by atoms with van der Waals surface area (Å²) in [6.45, 7) is 1.65. The molecule has 0 fully saturated rings. The highest BCUT2D eigenvalue weighted by molar-refractivity contribution is 6.10. The van der Waals surface area contributed by atoms with Gasteiger partial charge in [0.25, 0.3) is 5.91 Å². The number of hydrogen-bond donors (Lipinski definition) is 1. The van der Waals surface area contributed by atoms with Gasteiger partial charge in [-0.25, -0.2) is 4.79 Å². The van der Waals surface area contributed by atoms with Crippen molar-refractivity contribution in [1.82, 2.24) is 0 Å². The maximum atomic E-state index is 12.6. The molecule has 28 heavy (non-hydrogen) atoms. The highest BCUT2D eigenvalue weighted by Crippen LogP contribution is 2.29. The van der Waals surface area contributed by atoms with E-state index in [4.69, 9.17) is 9.15 Å². The van der Waals surface area contributed by atoms with Crippen molar-refractivity contribution in [3.05, 3.63) is 64.5 Å². The first kappa shape index (κ1) is 17.8. The van der Waals surface area contributed by atoms with Gasteiger partial charge in [0.15, 0.2) is 6.61 Å². The lowest BCUT2D eigenvalue weighted by Gasteiger charge is -2.29. The van der Waals surface area contributed by atoms with E-state index in [1.807, 2.05) is 6.92 Å². The summed E-state index contributed by atoms with van der Waals surface area (Å²) in [5.41, 5.74) is 2.11. The SMILES string of the molecule is CCc1cc(=O)oc2cc(OCC(=O)N3CC(=O)Nc4ccccc43)ccc12. The Balaban J connectivity index is 1.54. The fourth-order valence-corrected chi connectivity index (χ4v) is 3.27. The molecule has 3 aromatic rings. The number of carbonyl (C=O) groups excluding carboxylic acids is 2. The molecule has 0 atom stereocenters. The van der Waals surface area contributed by atoms with E-state index >= 15 is 0 Å². The molecule has 1 aliphatic heterocycles. The smallest absolute Gasteiger partial charge is 0.336 e.